The fourth-order valence-electron chi connectivity index (χ4n) is 1.27. The van der Waals surface area contributed by atoms with Crippen LogP contribution in [0.3, 0.4) is 0 Å². The molecule has 0 fully saturated rings. The molecule has 0 spiro atoms. The maximum absolute atomic E-state index is 11.3. The van der Waals surface area contributed by atoms with Gasteiger partial charge in [0.05, 0.1) is 12.0 Å². The van der Waals surface area contributed by atoms with Crippen molar-refractivity contribution in [3.05, 3.63) is 12.2 Å². The van der Waals surface area contributed by atoms with Crippen LogP contribution in [0.4, 0.5) is 0 Å². The van der Waals surface area contributed by atoms with Crippen LogP contribution in [0, 0.1) is 5.92 Å². The zero-order chi connectivity index (χ0) is 14.0. The Bertz CT molecular complexity index is 305. The number of hydrogen-bond acceptors (Lipinski definition) is 2. The first-order valence-electron chi connectivity index (χ1n) is 6.02. The van der Waals surface area contributed by atoms with E-state index in [9.17, 15) is 4.79 Å². The van der Waals surface area contributed by atoms with E-state index in [2.05, 4.69) is 40.4 Å². The molecule has 0 rings (SSSR count). The highest BCUT2D eigenvalue weighted by molar-refractivity contribution is 6.74. The molecule has 0 unspecified atom stereocenters. The highest BCUT2D eigenvalue weighted by atomic mass is 28.4. The van der Waals surface area contributed by atoms with Gasteiger partial charge in [0.1, 0.15) is 0 Å². The Balaban J connectivity index is 5.03. The minimum Gasteiger partial charge on any atom is -0.409 e. The normalized spacial score (nSPS) is 16.4. The molecule has 0 aromatic carbocycles. The van der Waals surface area contributed by atoms with Crippen molar-refractivity contribution >= 4 is 14.2 Å². The monoisotopic (exact) mass is 257 g/mol. The summed E-state index contributed by atoms with van der Waals surface area (Å²) in [7, 11) is -1.91. The van der Waals surface area contributed by atoms with Gasteiger partial charge in [-0.1, -0.05) is 39.8 Å². The number of carbonyl (C=O) groups excluding carboxylic acids is 1. The number of primary amides is 1. The van der Waals surface area contributed by atoms with Crippen molar-refractivity contribution in [1.29, 1.82) is 0 Å². The third-order valence-electron chi connectivity index (χ3n) is 3.62. The average molecular weight is 257 g/mol. The van der Waals surface area contributed by atoms with E-state index in [1.165, 1.54) is 0 Å². The Labute approximate surface area is 107 Å². The number of rotatable bonds is 5. The summed E-state index contributed by atoms with van der Waals surface area (Å²) in [5.74, 6) is -0.668. The number of nitrogens with two attached hydrogens (primary N) is 1. The molecule has 0 saturated carbocycles. The molecular formula is C13H27NO2Si. The molecule has 0 aliphatic rings. The predicted molar refractivity (Wildman–Crippen MR) is 75.2 cm³/mol. The molecule has 0 bridgehead atoms. The smallest absolute Gasteiger partial charge is 0.223 e. The van der Waals surface area contributed by atoms with Gasteiger partial charge < -0.3 is 10.2 Å². The molecular weight excluding hydrogens is 230 g/mol. The Hall–Kier alpha value is -0.613. The SMILES string of the molecule is C=C(C)[C@@H](O[Si](C)(C)C(C)(C)C)[C@H](C)C(N)=O. The van der Waals surface area contributed by atoms with E-state index in [-0.39, 0.29) is 23.0 Å². The number of carbonyl (C=O) groups is 1. The van der Waals surface area contributed by atoms with Gasteiger partial charge in [0.25, 0.3) is 0 Å². The lowest BCUT2D eigenvalue weighted by Crippen LogP contribution is -2.47. The van der Waals surface area contributed by atoms with E-state index in [4.69, 9.17) is 10.2 Å². The Morgan fingerprint density at radius 2 is 1.76 bits per heavy atom. The van der Waals surface area contributed by atoms with Crippen molar-refractivity contribution in [2.45, 2.75) is 58.9 Å². The fraction of sp³-hybridized carbons (Fsp3) is 0.769. The summed E-state index contributed by atoms with van der Waals surface area (Å²) in [5.41, 5.74) is 6.22. The maximum Gasteiger partial charge on any atom is 0.223 e. The Morgan fingerprint density at radius 1 is 1.35 bits per heavy atom. The molecule has 0 aliphatic carbocycles. The lowest BCUT2D eigenvalue weighted by atomic mass is 9.99. The van der Waals surface area contributed by atoms with E-state index in [0.717, 1.165) is 5.57 Å². The minimum atomic E-state index is -1.91. The van der Waals surface area contributed by atoms with Gasteiger partial charge in [-0.2, -0.15) is 0 Å². The van der Waals surface area contributed by atoms with E-state index in [1.54, 1.807) is 6.92 Å². The van der Waals surface area contributed by atoms with Crippen LogP contribution < -0.4 is 5.73 Å². The van der Waals surface area contributed by atoms with Gasteiger partial charge in [0.2, 0.25) is 5.91 Å². The van der Waals surface area contributed by atoms with Gasteiger partial charge in [-0.05, 0) is 25.1 Å². The van der Waals surface area contributed by atoms with Crippen molar-refractivity contribution < 1.29 is 9.22 Å². The van der Waals surface area contributed by atoms with Gasteiger partial charge in [-0.25, -0.2) is 0 Å². The topological polar surface area (TPSA) is 52.3 Å². The largest absolute Gasteiger partial charge is 0.409 e. The molecule has 0 heterocycles. The first kappa shape index (κ1) is 16.4. The van der Waals surface area contributed by atoms with E-state index >= 15 is 0 Å². The van der Waals surface area contributed by atoms with Crippen LogP contribution in [0.1, 0.15) is 34.6 Å². The molecule has 0 saturated heterocycles. The lowest BCUT2D eigenvalue weighted by Gasteiger charge is -2.40. The molecule has 100 valence electrons. The summed E-state index contributed by atoms with van der Waals surface area (Å²) in [5, 5.41) is 0.109. The summed E-state index contributed by atoms with van der Waals surface area (Å²) in [4.78, 5) is 11.3. The standard InChI is InChI=1S/C13H27NO2Si/c1-9(2)11(10(3)12(14)15)16-17(7,8)13(4,5)6/h10-11H,1H2,2-8H3,(H2,14,15)/t10-,11+/m0/s1. The number of hydrogen-bond donors (Lipinski definition) is 1. The zero-order valence-corrected chi connectivity index (χ0v) is 13.3. The van der Waals surface area contributed by atoms with Gasteiger partial charge in [-0.15, -0.1) is 0 Å². The van der Waals surface area contributed by atoms with Crippen LogP contribution in [0.25, 0.3) is 0 Å². The zero-order valence-electron chi connectivity index (χ0n) is 12.3. The second-order valence-electron chi connectivity index (χ2n) is 6.34. The third-order valence-corrected chi connectivity index (χ3v) is 8.07. The first-order chi connectivity index (χ1) is 7.40. The minimum absolute atomic E-state index is 0.109. The van der Waals surface area contributed by atoms with Gasteiger partial charge in [0.15, 0.2) is 8.32 Å². The molecule has 0 radical (unpaired) electrons. The average Bonchev–Trinajstić information content (AvgIpc) is 2.10. The quantitative estimate of drug-likeness (QED) is 0.608. The van der Waals surface area contributed by atoms with Crippen LogP contribution in [0.2, 0.25) is 18.1 Å². The molecule has 4 heteroatoms. The summed E-state index contributed by atoms with van der Waals surface area (Å²) < 4.78 is 6.23. The van der Waals surface area contributed by atoms with Crippen LogP contribution in [-0.2, 0) is 9.22 Å². The van der Waals surface area contributed by atoms with Crippen LogP contribution in [-0.4, -0.2) is 20.3 Å². The van der Waals surface area contributed by atoms with Crippen molar-refractivity contribution in [3.8, 4) is 0 Å². The van der Waals surface area contributed by atoms with Crippen LogP contribution >= 0.6 is 0 Å². The van der Waals surface area contributed by atoms with Gasteiger partial charge >= 0.3 is 0 Å². The highest BCUT2D eigenvalue weighted by Gasteiger charge is 2.41. The second kappa shape index (κ2) is 5.36. The van der Waals surface area contributed by atoms with Crippen molar-refractivity contribution in [2.24, 2.45) is 11.7 Å². The van der Waals surface area contributed by atoms with E-state index in [0.29, 0.717) is 0 Å². The third kappa shape index (κ3) is 4.28. The molecule has 1 amide bonds. The fourth-order valence-corrected chi connectivity index (χ4v) is 2.67. The molecule has 0 aliphatic heterocycles. The number of amides is 1. The van der Waals surface area contributed by atoms with Crippen LogP contribution in [0.5, 0.6) is 0 Å². The van der Waals surface area contributed by atoms with E-state index in [1.807, 2.05) is 6.92 Å². The summed E-state index contributed by atoms with van der Waals surface area (Å²) >= 11 is 0. The van der Waals surface area contributed by atoms with Crippen molar-refractivity contribution in [3.63, 3.8) is 0 Å². The molecule has 0 aromatic heterocycles. The first-order valence-corrected chi connectivity index (χ1v) is 8.93. The van der Waals surface area contributed by atoms with E-state index < -0.39 is 8.32 Å². The Morgan fingerprint density at radius 3 is 2.00 bits per heavy atom. The van der Waals surface area contributed by atoms with Crippen molar-refractivity contribution in [1.82, 2.24) is 0 Å². The van der Waals surface area contributed by atoms with Crippen LogP contribution in [0.15, 0.2) is 12.2 Å². The lowest BCUT2D eigenvalue weighted by molar-refractivity contribution is -0.123. The molecule has 2 atom stereocenters. The second-order valence-corrected chi connectivity index (χ2v) is 11.1. The Kier molecular flexibility index (Phi) is 5.16. The molecule has 2 N–H and O–H groups in total. The molecule has 17 heavy (non-hydrogen) atoms. The molecule has 0 aromatic rings. The molecule has 3 nitrogen and oxygen atoms in total. The summed E-state index contributed by atoms with van der Waals surface area (Å²) in [6.07, 6.45) is -0.270. The summed E-state index contributed by atoms with van der Waals surface area (Å²) in [6.45, 7) is 18.4. The maximum atomic E-state index is 11.3. The van der Waals surface area contributed by atoms with Gasteiger partial charge in [-0.3, -0.25) is 4.79 Å². The summed E-state index contributed by atoms with van der Waals surface area (Å²) in [6, 6.07) is 0. The predicted octanol–water partition coefficient (Wildman–Crippen LogP) is 3.07. The van der Waals surface area contributed by atoms with Crippen molar-refractivity contribution in [2.75, 3.05) is 0 Å². The highest BCUT2D eigenvalue weighted by Crippen LogP contribution is 2.38. The van der Waals surface area contributed by atoms with Gasteiger partial charge in [0, 0.05) is 0 Å².